The zero-order chi connectivity index (χ0) is 22.8. The molecular formula is C25H38IN5O2. The fourth-order valence-electron chi connectivity index (χ4n) is 3.71. The number of hydrogen-bond acceptors (Lipinski definition) is 5. The van der Waals surface area contributed by atoms with Crippen molar-refractivity contribution in [2.75, 3.05) is 44.9 Å². The van der Waals surface area contributed by atoms with Crippen molar-refractivity contribution in [1.82, 2.24) is 15.6 Å². The minimum Gasteiger partial charge on any atom is -0.493 e. The second kappa shape index (κ2) is 14.2. The highest BCUT2D eigenvalue weighted by atomic mass is 127. The lowest BCUT2D eigenvalue weighted by Gasteiger charge is -2.20. The Hall–Kier alpha value is -2.07. The summed E-state index contributed by atoms with van der Waals surface area (Å²) in [6.45, 7) is 11.9. The molecule has 0 saturated carbocycles. The number of halogens is 1. The van der Waals surface area contributed by atoms with Crippen molar-refractivity contribution in [2.45, 2.75) is 40.3 Å². The van der Waals surface area contributed by atoms with Crippen molar-refractivity contribution in [1.29, 1.82) is 0 Å². The van der Waals surface area contributed by atoms with Gasteiger partial charge < -0.3 is 25.0 Å². The smallest absolute Gasteiger partial charge is 0.191 e. The number of ether oxygens (including phenoxy) is 2. The molecule has 1 unspecified atom stereocenters. The maximum Gasteiger partial charge on any atom is 0.191 e. The van der Waals surface area contributed by atoms with Gasteiger partial charge in [-0.3, -0.25) is 4.99 Å². The van der Waals surface area contributed by atoms with E-state index in [1.807, 2.05) is 6.20 Å². The van der Waals surface area contributed by atoms with Gasteiger partial charge in [-0.25, -0.2) is 4.98 Å². The summed E-state index contributed by atoms with van der Waals surface area (Å²) in [6.07, 6.45) is 2.99. The number of hydrogen-bond donors (Lipinski definition) is 2. The summed E-state index contributed by atoms with van der Waals surface area (Å²) in [5.41, 5.74) is 3.42. The van der Waals surface area contributed by atoms with E-state index in [9.17, 15) is 0 Å². The van der Waals surface area contributed by atoms with E-state index >= 15 is 0 Å². The number of aromatic nitrogens is 1. The third-order valence-electron chi connectivity index (χ3n) is 5.75. The predicted octanol–water partition coefficient (Wildman–Crippen LogP) is 4.13. The first-order chi connectivity index (χ1) is 15.6. The maximum atomic E-state index is 6.15. The molecule has 1 aromatic carbocycles. The molecule has 0 aliphatic carbocycles. The summed E-state index contributed by atoms with van der Waals surface area (Å²) in [6, 6.07) is 10.5. The molecule has 0 spiro atoms. The molecule has 2 heterocycles. The highest BCUT2D eigenvalue weighted by molar-refractivity contribution is 14.0. The number of nitrogens with one attached hydrogen (secondary N) is 2. The van der Waals surface area contributed by atoms with Crippen molar-refractivity contribution in [3.8, 4) is 5.75 Å². The maximum absolute atomic E-state index is 6.15. The Kier molecular flexibility index (Phi) is 11.7. The summed E-state index contributed by atoms with van der Waals surface area (Å²) in [4.78, 5) is 11.2. The Labute approximate surface area is 215 Å². The summed E-state index contributed by atoms with van der Waals surface area (Å²) in [7, 11) is 1.78. The lowest BCUT2D eigenvalue weighted by molar-refractivity contribution is 0.166. The molecule has 0 bridgehead atoms. The van der Waals surface area contributed by atoms with E-state index in [1.54, 1.807) is 7.05 Å². The van der Waals surface area contributed by atoms with E-state index < -0.39 is 0 Å². The monoisotopic (exact) mass is 567 g/mol. The highest BCUT2D eigenvalue weighted by Crippen LogP contribution is 2.22. The Morgan fingerprint density at radius 1 is 1.18 bits per heavy atom. The first-order valence-corrected chi connectivity index (χ1v) is 11.6. The number of pyridine rings is 1. The van der Waals surface area contributed by atoms with Crippen molar-refractivity contribution in [3.63, 3.8) is 0 Å². The quantitative estimate of drug-likeness (QED) is 0.256. The van der Waals surface area contributed by atoms with Crippen LogP contribution in [0.3, 0.4) is 0 Å². The van der Waals surface area contributed by atoms with Gasteiger partial charge in [0, 0.05) is 57.5 Å². The number of nitrogens with zero attached hydrogens (tertiary/aromatic N) is 3. The Morgan fingerprint density at radius 3 is 2.61 bits per heavy atom. The van der Waals surface area contributed by atoms with Gasteiger partial charge in [0.15, 0.2) is 5.96 Å². The van der Waals surface area contributed by atoms with Crippen LogP contribution in [0.25, 0.3) is 0 Å². The van der Waals surface area contributed by atoms with Gasteiger partial charge in [-0.15, -0.1) is 24.0 Å². The van der Waals surface area contributed by atoms with Gasteiger partial charge in [0.2, 0.25) is 0 Å². The first kappa shape index (κ1) is 27.2. The fourth-order valence-corrected chi connectivity index (χ4v) is 3.71. The lowest BCUT2D eigenvalue weighted by atomic mass is 10.1. The van der Waals surface area contributed by atoms with Crippen LogP contribution in [0.5, 0.6) is 5.75 Å². The molecule has 2 N–H and O–H groups in total. The third-order valence-corrected chi connectivity index (χ3v) is 5.75. The second-order valence-corrected chi connectivity index (χ2v) is 8.13. The standard InChI is InChI=1S/C25H37N5O2.HI/c1-5-30(6-2)24-10-8-20(14-27-24)15-28-25(26-4)29-16-22-9-7-19(3)13-23(22)32-18-21-11-12-31-17-21;/h7-10,13-14,21H,5-6,11-12,15-18H2,1-4H3,(H2,26,28,29);1H. The van der Waals surface area contributed by atoms with Gasteiger partial charge in [-0.05, 0) is 50.5 Å². The minimum atomic E-state index is 0. The molecule has 7 nitrogen and oxygen atoms in total. The molecular weight excluding hydrogens is 529 g/mol. The first-order valence-electron chi connectivity index (χ1n) is 11.6. The van der Waals surface area contributed by atoms with Crippen LogP contribution in [0.2, 0.25) is 0 Å². The van der Waals surface area contributed by atoms with Gasteiger partial charge in [-0.1, -0.05) is 18.2 Å². The van der Waals surface area contributed by atoms with Crippen LogP contribution < -0.4 is 20.3 Å². The van der Waals surface area contributed by atoms with Crippen LogP contribution in [0.4, 0.5) is 5.82 Å². The largest absolute Gasteiger partial charge is 0.493 e. The van der Waals surface area contributed by atoms with Crippen molar-refractivity contribution in [3.05, 3.63) is 53.2 Å². The molecule has 1 aromatic heterocycles. The number of anilines is 1. The highest BCUT2D eigenvalue weighted by Gasteiger charge is 2.17. The van der Waals surface area contributed by atoms with E-state index in [2.05, 4.69) is 76.6 Å². The fraction of sp³-hybridized carbons (Fsp3) is 0.520. The molecule has 2 aromatic rings. The number of rotatable bonds is 10. The van der Waals surface area contributed by atoms with Crippen LogP contribution in [0, 0.1) is 12.8 Å². The van der Waals surface area contributed by atoms with E-state index in [1.165, 1.54) is 5.56 Å². The summed E-state index contributed by atoms with van der Waals surface area (Å²) in [5, 5.41) is 6.77. The number of aryl methyl sites for hydroxylation is 1. The predicted molar refractivity (Wildman–Crippen MR) is 146 cm³/mol. The van der Waals surface area contributed by atoms with E-state index in [4.69, 9.17) is 9.47 Å². The van der Waals surface area contributed by atoms with Crippen LogP contribution in [-0.4, -0.2) is 50.9 Å². The van der Waals surface area contributed by atoms with Crippen molar-refractivity contribution < 1.29 is 9.47 Å². The number of benzene rings is 1. The van der Waals surface area contributed by atoms with E-state index in [0.29, 0.717) is 25.6 Å². The second-order valence-electron chi connectivity index (χ2n) is 8.13. The topological polar surface area (TPSA) is 71.0 Å². The van der Waals surface area contributed by atoms with Gasteiger partial charge in [0.05, 0.1) is 13.2 Å². The number of aliphatic imine (C=N–C) groups is 1. The minimum absolute atomic E-state index is 0. The molecule has 0 radical (unpaired) electrons. The summed E-state index contributed by atoms with van der Waals surface area (Å²) < 4.78 is 11.6. The van der Waals surface area contributed by atoms with Crippen LogP contribution in [0.15, 0.2) is 41.5 Å². The van der Waals surface area contributed by atoms with Crippen molar-refractivity contribution >= 4 is 35.8 Å². The molecule has 3 rings (SSSR count). The molecule has 1 saturated heterocycles. The zero-order valence-electron chi connectivity index (χ0n) is 20.3. The molecule has 1 atom stereocenters. The Balaban J connectivity index is 0.00000385. The van der Waals surface area contributed by atoms with Gasteiger partial charge in [-0.2, -0.15) is 0 Å². The summed E-state index contributed by atoms with van der Waals surface area (Å²) in [5.74, 6) is 3.16. The third kappa shape index (κ3) is 8.33. The molecule has 1 aliphatic heterocycles. The lowest BCUT2D eigenvalue weighted by Crippen LogP contribution is -2.36. The molecule has 1 aliphatic rings. The molecule has 0 amide bonds. The van der Waals surface area contributed by atoms with E-state index in [0.717, 1.165) is 61.4 Å². The zero-order valence-corrected chi connectivity index (χ0v) is 22.6. The summed E-state index contributed by atoms with van der Waals surface area (Å²) >= 11 is 0. The molecule has 1 fully saturated rings. The van der Waals surface area contributed by atoms with Crippen LogP contribution in [-0.2, 0) is 17.8 Å². The molecule has 182 valence electrons. The average molecular weight is 568 g/mol. The average Bonchev–Trinajstić information content (AvgIpc) is 3.34. The molecule has 8 heteroatoms. The van der Waals surface area contributed by atoms with E-state index in [-0.39, 0.29) is 24.0 Å². The van der Waals surface area contributed by atoms with Gasteiger partial charge in [0.25, 0.3) is 0 Å². The molecule has 33 heavy (non-hydrogen) atoms. The number of guanidine groups is 1. The Morgan fingerprint density at radius 2 is 1.97 bits per heavy atom. The van der Waals surface area contributed by atoms with Gasteiger partial charge >= 0.3 is 0 Å². The van der Waals surface area contributed by atoms with Gasteiger partial charge in [0.1, 0.15) is 11.6 Å². The normalized spacial score (nSPS) is 15.6. The van der Waals surface area contributed by atoms with Crippen LogP contribution >= 0.6 is 24.0 Å². The van der Waals surface area contributed by atoms with Crippen LogP contribution in [0.1, 0.15) is 37.0 Å². The Bertz CT molecular complexity index is 866. The van der Waals surface area contributed by atoms with Crippen molar-refractivity contribution in [2.24, 2.45) is 10.9 Å². The SMILES string of the molecule is CCN(CC)c1ccc(CNC(=NC)NCc2ccc(C)cc2OCC2CCOC2)cn1.I.